The number of amides is 2. The molecule has 3 aliphatic heterocycles. The van der Waals surface area contributed by atoms with Crippen LogP contribution >= 0.6 is 0 Å². The number of carbonyl (C=O) groups is 2. The zero-order valence-corrected chi connectivity index (χ0v) is 24.6. The summed E-state index contributed by atoms with van der Waals surface area (Å²) in [5.41, 5.74) is 6.74. The van der Waals surface area contributed by atoms with Crippen LogP contribution < -0.4 is 5.32 Å². The van der Waals surface area contributed by atoms with E-state index in [0.717, 1.165) is 74.4 Å². The summed E-state index contributed by atoms with van der Waals surface area (Å²) in [4.78, 5) is 33.8. The molecular formula is C35H42N4O2. The number of carbonyl (C=O) groups excluding carboxylic acids is 2. The Morgan fingerprint density at radius 2 is 1.46 bits per heavy atom. The molecule has 3 heterocycles. The molecule has 3 aromatic rings. The van der Waals surface area contributed by atoms with Crippen molar-refractivity contribution in [2.75, 3.05) is 39.8 Å². The molecule has 0 spiro atoms. The number of benzene rings is 3. The average molecular weight is 551 g/mol. The van der Waals surface area contributed by atoms with Gasteiger partial charge in [0.1, 0.15) is 0 Å². The van der Waals surface area contributed by atoms with Crippen molar-refractivity contribution in [2.24, 2.45) is 11.8 Å². The Morgan fingerprint density at radius 1 is 0.829 bits per heavy atom. The van der Waals surface area contributed by atoms with Crippen molar-refractivity contribution >= 4 is 11.8 Å². The van der Waals surface area contributed by atoms with Crippen molar-refractivity contribution < 1.29 is 9.59 Å². The van der Waals surface area contributed by atoms with E-state index >= 15 is 0 Å². The summed E-state index contributed by atoms with van der Waals surface area (Å²) in [6.45, 7) is 9.49. The second-order valence-corrected chi connectivity index (χ2v) is 12.4. The fourth-order valence-corrected chi connectivity index (χ4v) is 7.28. The molecule has 3 aliphatic rings. The summed E-state index contributed by atoms with van der Waals surface area (Å²) in [6.07, 6.45) is 1.61. The van der Waals surface area contributed by atoms with Crippen molar-refractivity contribution in [1.29, 1.82) is 0 Å². The van der Waals surface area contributed by atoms with Crippen LogP contribution in [0, 0.1) is 25.7 Å². The van der Waals surface area contributed by atoms with Crippen LogP contribution in [0.2, 0.25) is 0 Å². The van der Waals surface area contributed by atoms with Gasteiger partial charge in [-0.05, 0) is 73.4 Å². The van der Waals surface area contributed by atoms with Gasteiger partial charge in [-0.15, -0.1) is 0 Å². The van der Waals surface area contributed by atoms with Gasteiger partial charge in [-0.25, -0.2) is 0 Å². The van der Waals surface area contributed by atoms with Crippen LogP contribution in [0.5, 0.6) is 0 Å². The van der Waals surface area contributed by atoms with E-state index in [-0.39, 0.29) is 23.9 Å². The summed E-state index contributed by atoms with van der Waals surface area (Å²) in [5, 5.41) is 3.43. The van der Waals surface area contributed by atoms with Crippen molar-refractivity contribution in [2.45, 2.75) is 45.3 Å². The molecule has 2 saturated heterocycles. The first kappa shape index (κ1) is 27.7. The number of hydrogen-bond acceptors (Lipinski definition) is 4. The molecule has 0 bridgehead atoms. The number of likely N-dealkylation sites (N-methyl/N-ethyl adjacent to an activating group) is 1. The van der Waals surface area contributed by atoms with Crippen LogP contribution in [0.4, 0.5) is 0 Å². The molecular weight excluding hydrogens is 508 g/mol. The third-order valence-corrected chi connectivity index (χ3v) is 9.58. The third-order valence-electron chi connectivity index (χ3n) is 9.58. The number of fused-ring (bicyclic) bond motifs is 2. The second-order valence-electron chi connectivity index (χ2n) is 12.4. The van der Waals surface area contributed by atoms with Gasteiger partial charge in [0, 0.05) is 44.8 Å². The van der Waals surface area contributed by atoms with Gasteiger partial charge in [0.2, 0.25) is 5.91 Å². The van der Waals surface area contributed by atoms with Crippen LogP contribution in [0.1, 0.15) is 50.6 Å². The number of hydrogen-bond donors (Lipinski definition) is 1. The molecule has 4 atom stereocenters. The van der Waals surface area contributed by atoms with E-state index in [4.69, 9.17) is 0 Å². The Morgan fingerprint density at radius 3 is 2.15 bits per heavy atom. The molecule has 6 heteroatoms. The van der Waals surface area contributed by atoms with E-state index in [1.807, 2.05) is 38.1 Å². The van der Waals surface area contributed by atoms with Gasteiger partial charge in [0.25, 0.3) is 5.91 Å². The molecule has 41 heavy (non-hydrogen) atoms. The molecule has 3 aromatic carbocycles. The highest BCUT2D eigenvalue weighted by Gasteiger charge is 2.42. The lowest BCUT2D eigenvalue weighted by molar-refractivity contribution is -0.127. The molecule has 2 fully saturated rings. The highest BCUT2D eigenvalue weighted by molar-refractivity contribution is 5.97. The summed E-state index contributed by atoms with van der Waals surface area (Å²) >= 11 is 0. The van der Waals surface area contributed by atoms with Gasteiger partial charge < -0.3 is 15.1 Å². The largest absolute Gasteiger partial charge is 0.348 e. The van der Waals surface area contributed by atoms with Crippen LogP contribution in [-0.4, -0.2) is 72.3 Å². The Balaban J connectivity index is 1.07. The quantitative estimate of drug-likeness (QED) is 0.467. The van der Waals surface area contributed by atoms with Crippen molar-refractivity contribution in [3.8, 4) is 0 Å². The summed E-state index contributed by atoms with van der Waals surface area (Å²) in [6, 6.07) is 24.7. The molecule has 0 aromatic heterocycles. The van der Waals surface area contributed by atoms with Crippen LogP contribution in [-0.2, 0) is 17.8 Å². The van der Waals surface area contributed by atoms with E-state index < -0.39 is 0 Å². The first-order chi connectivity index (χ1) is 19.9. The molecule has 0 radical (unpaired) electrons. The molecule has 214 valence electrons. The number of nitrogens with one attached hydrogen (secondary N) is 1. The standard InChI is InChI=1S/C35H42N4O2/c1-24-10-9-11-25(2)33(24)35(41)39-22-29-20-38(21-30(29)23-39)17-16-31(26-12-5-4-6-13-26)36-34(40)32-18-27-14-7-8-15-28(27)19-37(32)3/h4-15,29-32H,16-23H2,1-3H3,(H,36,40)/t29-,30?,31?,32?/m0/s1. The summed E-state index contributed by atoms with van der Waals surface area (Å²) in [7, 11) is 2.05. The molecule has 0 saturated carbocycles. The zero-order valence-electron chi connectivity index (χ0n) is 24.6. The van der Waals surface area contributed by atoms with Crippen molar-refractivity contribution in [3.05, 3.63) is 106 Å². The topological polar surface area (TPSA) is 55.9 Å². The summed E-state index contributed by atoms with van der Waals surface area (Å²) < 4.78 is 0. The number of aryl methyl sites for hydroxylation is 2. The van der Waals surface area contributed by atoms with Crippen molar-refractivity contribution in [1.82, 2.24) is 20.0 Å². The molecule has 0 aliphatic carbocycles. The van der Waals surface area contributed by atoms with Crippen LogP contribution in [0.3, 0.4) is 0 Å². The fraction of sp³-hybridized carbons (Fsp3) is 0.429. The number of likely N-dealkylation sites (tertiary alicyclic amines) is 2. The number of nitrogens with zero attached hydrogens (tertiary/aromatic N) is 3. The van der Waals surface area contributed by atoms with E-state index in [1.54, 1.807) is 0 Å². The monoisotopic (exact) mass is 550 g/mol. The Bertz CT molecular complexity index is 1370. The van der Waals surface area contributed by atoms with E-state index in [1.165, 1.54) is 11.1 Å². The zero-order chi connectivity index (χ0) is 28.5. The van der Waals surface area contributed by atoms with Crippen molar-refractivity contribution in [3.63, 3.8) is 0 Å². The summed E-state index contributed by atoms with van der Waals surface area (Å²) in [5.74, 6) is 1.33. The fourth-order valence-electron chi connectivity index (χ4n) is 7.28. The molecule has 6 rings (SSSR count). The first-order valence-electron chi connectivity index (χ1n) is 15.1. The highest BCUT2D eigenvalue weighted by atomic mass is 16.2. The predicted molar refractivity (Wildman–Crippen MR) is 163 cm³/mol. The van der Waals surface area contributed by atoms with E-state index in [0.29, 0.717) is 11.8 Å². The smallest absolute Gasteiger partial charge is 0.254 e. The lowest BCUT2D eigenvalue weighted by atomic mass is 9.93. The molecule has 2 amide bonds. The van der Waals surface area contributed by atoms with Gasteiger partial charge in [-0.3, -0.25) is 14.5 Å². The van der Waals surface area contributed by atoms with E-state index in [9.17, 15) is 9.59 Å². The van der Waals surface area contributed by atoms with Gasteiger partial charge in [0.15, 0.2) is 0 Å². The van der Waals surface area contributed by atoms with Gasteiger partial charge in [-0.2, -0.15) is 0 Å². The van der Waals surface area contributed by atoms with Gasteiger partial charge >= 0.3 is 0 Å². The van der Waals surface area contributed by atoms with Gasteiger partial charge in [-0.1, -0.05) is 72.8 Å². The van der Waals surface area contributed by atoms with Crippen LogP contribution in [0.15, 0.2) is 72.8 Å². The molecule has 1 N–H and O–H groups in total. The number of rotatable bonds is 7. The lowest BCUT2D eigenvalue weighted by Crippen LogP contribution is -2.49. The maximum Gasteiger partial charge on any atom is 0.254 e. The minimum Gasteiger partial charge on any atom is -0.348 e. The maximum absolute atomic E-state index is 13.6. The average Bonchev–Trinajstić information content (AvgIpc) is 3.54. The molecule has 6 nitrogen and oxygen atoms in total. The normalized spacial score (nSPS) is 23.2. The van der Waals surface area contributed by atoms with E-state index in [2.05, 4.69) is 75.6 Å². The second kappa shape index (κ2) is 11.8. The lowest BCUT2D eigenvalue weighted by Gasteiger charge is -2.34. The maximum atomic E-state index is 13.6. The Kier molecular flexibility index (Phi) is 7.96. The van der Waals surface area contributed by atoms with Gasteiger partial charge in [0.05, 0.1) is 12.1 Å². The highest BCUT2D eigenvalue weighted by Crippen LogP contribution is 2.33. The predicted octanol–water partition coefficient (Wildman–Crippen LogP) is 4.61. The minimum atomic E-state index is -0.164. The SMILES string of the molecule is Cc1cccc(C)c1C(=O)N1CC2CN(CCC(NC(=O)C3Cc4ccccc4CN3C)c3ccccc3)C[C@H]2C1. The minimum absolute atomic E-state index is 0.0307. The molecule has 3 unspecified atom stereocenters. The van der Waals surface area contributed by atoms with Crippen LogP contribution in [0.25, 0.3) is 0 Å². The Hall–Kier alpha value is -3.48. The Labute approximate surface area is 244 Å². The first-order valence-corrected chi connectivity index (χ1v) is 15.1. The third kappa shape index (κ3) is 5.81.